The number of Topliss-reactive ketones (excluding diaryl/α,β-unsaturated/α-hetero) is 1. The van der Waals surface area contributed by atoms with Crippen molar-refractivity contribution in [3.8, 4) is 0 Å². The first-order chi connectivity index (χ1) is 8.47. The summed E-state index contributed by atoms with van der Waals surface area (Å²) < 4.78 is 27.8. The number of alkyl halides is 2. The van der Waals surface area contributed by atoms with Crippen molar-refractivity contribution in [3.63, 3.8) is 0 Å². The minimum Gasteiger partial charge on any atom is -0.330 e. The van der Waals surface area contributed by atoms with E-state index >= 15 is 0 Å². The minimum absolute atomic E-state index is 0.0000468. The zero-order valence-electron chi connectivity index (χ0n) is 10.5. The van der Waals surface area contributed by atoms with Gasteiger partial charge < -0.3 is 5.73 Å². The largest absolute Gasteiger partial charge is 0.330 e. The van der Waals surface area contributed by atoms with Crippen LogP contribution in [-0.2, 0) is 10.7 Å². The Bertz CT molecular complexity index is 379. The molecule has 0 amide bonds. The molecule has 0 aliphatic heterocycles. The van der Waals surface area contributed by atoms with Crippen LogP contribution in [0, 0.1) is 5.92 Å². The van der Waals surface area contributed by atoms with Gasteiger partial charge in [-0.1, -0.05) is 30.3 Å². The normalized spacial score (nSPS) is 13.3. The Hall–Kier alpha value is -1.29. The second-order valence-corrected chi connectivity index (χ2v) is 4.49. The van der Waals surface area contributed by atoms with Gasteiger partial charge in [-0.3, -0.25) is 4.79 Å². The molecule has 2 N–H and O–H groups in total. The number of carbonyl (C=O) groups excluding carboxylic acids is 1. The molecule has 18 heavy (non-hydrogen) atoms. The zero-order valence-corrected chi connectivity index (χ0v) is 10.5. The van der Waals surface area contributed by atoms with E-state index in [4.69, 9.17) is 5.73 Å². The second kappa shape index (κ2) is 6.59. The molecule has 1 atom stereocenters. The summed E-state index contributed by atoms with van der Waals surface area (Å²) in [6.07, 6.45) is 0.329. The molecule has 0 fully saturated rings. The lowest BCUT2D eigenvalue weighted by atomic mass is 9.92. The summed E-state index contributed by atoms with van der Waals surface area (Å²) in [5, 5.41) is 0. The Kier molecular flexibility index (Phi) is 5.41. The van der Waals surface area contributed by atoms with Gasteiger partial charge in [0.05, 0.1) is 0 Å². The topological polar surface area (TPSA) is 43.1 Å². The molecule has 1 aromatic carbocycles. The van der Waals surface area contributed by atoms with Crippen molar-refractivity contribution in [2.45, 2.75) is 32.1 Å². The van der Waals surface area contributed by atoms with E-state index in [-0.39, 0.29) is 30.1 Å². The van der Waals surface area contributed by atoms with Gasteiger partial charge in [0.25, 0.3) is 5.92 Å². The minimum atomic E-state index is -2.89. The van der Waals surface area contributed by atoms with E-state index in [1.807, 2.05) is 0 Å². The van der Waals surface area contributed by atoms with Gasteiger partial charge in [0.2, 0.25) is 0 Å². The quantitative estimate of drug-likeness (QED) is 0.813. The summed E-state index contributed by atoms with van der Waals surface area (Å²) in [6.45, 7) is 1.78. The zero-order chi connectivity index (χ0) is 13.6. The van der Waals surface area contributed by atoms with Crippen LogP contribution in [0.15, 0.2) is 30.3 Å². The first-order valence-corrected chi connectivity index (χ1v) is 6.11. The van der Waals surface area contributed by atoms with E-state index in [1.165, 1.54) is 19.1 Å². The van der Waals surface area contributed by atoms with Crippen LogP contribution in [-0.4, -0.2) is 12.3 Å². The van der Waals surface area contributed by atoms with Crippen molar-refractivity contribution in [1.82, 2.24) is 0 Å². The standard InChI is InChI=1S/C14H19F2NO/c1-11(18)12(8-10-17)7-9-14(15,16)13-5-3-2-4-6-13/h2-6,12H,7-10,17H2,1H3. The van der Waals surface area contributed by atoms with Crippen LogP contribution in [0.3, 0.4) is 0 Å². The van der Waals surface area contributed by atoms with Crippen molar-refractivity contribution >= 4 is 5.78 Å². The van der Waals surface area contributed by atoms with E-state index in [2.05, 4.69) is 0 Å². The summed E-state index contributed by atoms with van der Waals surface area (Å²) in [4.78, 5) is 11.3. The molecule has 0 spiro atoms. The number of benzene rings is 1. The highest BCUT2D eigenvalue weighted by Gasteiger charge is 2.32. The molecular weight excluding hydrogens is 236 g/mol. The molecule has 0 radical (unpaired) electrons. The van der Waals surface area contributed by atoms with Crippen molar-refractivity contribution in [2.75, 3.05) is 6.54 Å². The molecule has 0 aliphatic carbocycles. The predicted molar refractivity (Wildman–Crippen MR) is 67.4 cm³/mol. The van der Waals surface area contributed by atoms with Crippen LogP contribution in [0.1, 0.15) is 31.7 Å². The number of nitrogens with two attached hydrogens (primary N) is 1. The summed E-state index contributed by atoms with van der Waals surface area (Å²) in [6, 6.07) is 7.70. The van der Waals surface area contributed by atoms with E-state index in [9.17, 15) is 13.6 Å². The summed E-state index contributed by atoms with van der Waals surface area (Å²) >= 11 is 0. The molecule has 0 saturated heterocycles. The SMILES string of the molecule is CC(=O)C(CCN)CCC(F)(F)c1ccccc1. The smallest absolute Gasteiger partial charge is 0.273 e. The maximum atomic E-state index is 13.9. The third kappa shape index (κ3) is 4.18. The molecular formula is C14H19F2NO. The van der Waals surface area contributed by atoms with E-state index in [1.54, 1.807) is 18.2 Å². The van der Waals surface area contributed by atoms with Gasteiger partial charge in [0.1, 0.15) is 5.78 Å². The van der Waals surface area contributed by atoms with Crippen LogP contribution >= 0.6 is 0 Å². The summed E-state index contributed by atoms with van der Waals surface area (Å²) in [5.74, 6) is -3.31. The Morgan fingerprint density at radius 1 is 1.28 bits per heavy atom. The molecule has 1 unspecified atom stereocenters. The fourth-order valence-electron chi connectivity index (χ4n) is 1.93. The fraction of sp³-hybridized carbons (Fsp3) is 0.500. The van der Waals surface area contributed by atoms with Crippen molar-refractivity contribution < 1.29 is 13.6 Å². The molecule has 0 aliphatic rings. The molecule has 0 aromatic heterocycles. The van der Waals surface area contributed by atoms with Gasteiger partial charge in [-0.15, -0.1) is 0 Å². The average molecular weight is 255 g/mol. The van der Waals surface area contributed by atoms with E-state index < -0.39 is 5.92 Å². The Labute approximate surface area is 106 Å². The van der Waals surface area contributed by atoms with Gasteiger partial charge in [-0.05, 0) is 26.3 Å². The third-order valence-electron chi connectivity index (χ3n) is 3.09. The van der Waals surface area contributed by atoms with Crippen LogP contribution in [0.4, 0.5) is 8.78 Å². The lowest BCUT2D eigenvalue weighted by Gasteiger charge is -2.19. The van der Waals surface area contributed by atoms with Gasteiger partial charge in [-0.2, -0.15) is 0 Å². The van der Waals surface area contributed by atoms with Crippen molar-refractivity contribution in [2.24, 2.45) is 11.7 Å². The molecule has 2 nitrogen and oxygen atoms in total. The first-order valence-electron chi connectivity index (χ1n) is 6.11. The molecule has 4 heteroatoms. The maximum absolute atomic E-state index is 13.9. The highest BCUT2D eigenvalue weighted by atomic mass is 19.3. The summed E-state index contributed by atoms with van der Waals surface area (Å²) in [5.41, 5.74) is 5.38. The van der Waals surface area contributed by atoms with E-state index in [0.717, 1.165) is 0 Å². The molecule has 1 aromatic rings. The van der Waals surface area contributed by atoms with Gasteiger partial charge in [0.15, 0.2) is 0 Å². The third-order valence-corrected chi connectivity index (χ3v) is 3.09. The first kappa shape index (κ1) is 14.8. The Morgan fingerprint density at radius 2 is 1.89 bits per heavy atom. The molecule has 0 bridgehead atoms. The lowest BCUT2D eigenvalue weighted by molar-refractivity contribution is -0.121. The van der Waals surface area contributed by atoms with E-state index in [0.29, 0.717) is 13.0 Å². The lowest BCUT2D eigenvalue weighted by Crippen LogP contribution is -2.20. The van der Waals surface area contributed by atoms with Gasteiger partial charge in [-0.25, -0.2) is 8.78 Å². The maximum Gasteiger partial charge on any atom is 0.273 e. The molecule has 100 valence electrons. The Morgan fingerprint density at radius 3 is 2.39 bits per heavy atom. The fourth-order valence-corrected chi connectivity index (χ4v) is 1.93. The number of ketones is 1. The van der Waals surface area contributed by atoms with Crippen LogP contribution < -0.4 is 5.73 Å². The molecule has 0 saturated carbocycles. The highest BCUT2D eigenvalue weighted by Crippen LogP contribution is 2.34. The number of halogens is 2. The van der Waals surface area contributed by atoms with Gasteiger partial charge in [0, 0.05) is 17.9 Å². The van der Waals surface area contributed by atoms with Crippen LogP contribution in [0.5, 0.6) is 0 Å². The number of hydrogen-bond acceptors (Lipinski definition) is 2. The molecule has 0 heterocycles. The Balaban J connectivity index is 2.63. The van der Waals surface area contributed by atoms with Crippen molar-refractivity contribution in [1.29, 1.82) is 0 Å². The van der Waals surface area contributed by atoms with Crippen LogP contribution in [0.2, 0.25) is 0 Å². The van der Waals surface area contributed by atoms with Crippen molar-refractivity contribution in [3.05, 3.63) is 35.9 Å². The summed E-state index contributed by atoms with van der Waals surface area (Å²) in [7, 11) is 0. The highest BCUT2D eigenvalue weighted by molar-refractivity contribution is 5.78. The molecule has 1 rings (SSSR count). The number of rotatable bonds is 7. The van der Waals surface area contributed by atoms with Gasteiger partial charge >= 0.3 is 0 Å². The second-order valence-electron chi connectivity index (χ2n) is 4.49. The monoisotopic (exact) mass is 255 g/mol. The average Bonchev–Trinajstić information content (AvgIpc) is 2.35. The predicted octanol–water partition coefficient (Wildman–Crippen LogP) is 3.11. The van der Waals surface area contributed by atoms with Crippen LogP contribution in [0.25, 0.3) is 0 Å². The number of carbonyl (C=O) groups is 1. The number of hydrogen-bond donors (Lipinski definition) is 1.